The van der Waals surface area contributed by atoms with E-state index in [1.165, 1.54) is 16.9 Å². The Morgan fingerprint density at radius 1 is 1.52 bits per heavy atom. The molecule has 110 valence electrons. The summed E-state index contributed by atoms with van der Waals surface area (Å²) in [4.78, 5) is 21.9. The van der Waals surface area contributed by atoms with E-state index in [0.717, 1.165) is 6.20 Å². The Morgan fingerprint density at radius 3 is 2.86 bits per heavy atom. The Labute approximate surface area is 119 Å². The quantitative estimate of drug-likeness (QED) is 0.672. The lowest BCUT2D eigenvalue weighted by molar-refractivity contribution is -0.385. The molecule has 1 amide bonds. The Balaban J connectivity index is 1.99. The average molecular weight is 292 g/mol. The summed E-state index contributed by atoms with van der Waals surface area (Å²) in [5.41, 5.74) is 0.174. The maximum atomic E-state index is 13.4. The highest BCUT2D eigenvalue weighted by Crippen LogP contribution is 2.13. The van der Waals surface area contributed by atoms with E-state index in [1.54, 1.807) is 25.1 Å². The zero-order valence-electron chi connectivity index (χ0n) is 11.2. The van der Waals surface area contributed by atoms with Crippen LogP contribution in [0.2, 0.25) is 0 Å². The van der Waals surface area contributed by atoms with Crippen LogP contribution >= 0.6 is 0 Å². The van der Waals surface area contributed by atoms with E-state index in [2.05, 4.69) is 10.4 Å². The first-order valence-corrected chi connectivity index (χ1v) is 6.18. The van der Waals surface area contributed by atoms with Gasteiger partial charge in [0.2, 0.25) is 5.91 Å². The number of aromatic nitrogens is 2. The normalized spacial score (nSPS) is 11.9. The zero-order chi connectivity index (χ0) is 15.4. The minimum absolute atomic E-state index is 0.0409. The summed E-state index contributed by atoms with van der Waals surface area (Å²) in [6, 6.07) is 5.38. The molecule has 7 nitrogen and oxygen atoms in total. The Kier molecular flexibility index (Phi) is 4.27. The molecular weight excluding hydrogens is 279 g/mol. The number of benzene rings is 1. The van der Waals surface area contributed by atoms with Gasteiger partial charge < -0.3 is 5.32 Å². The third-order valence-electron chi connectivity index (χ3n) is 2.99. The molecule has 0 unspecified atom stereocenters. The van der Waals surface area contributed by atoms with Gasteiger partial charge in [0, 0.05) is 12.1 Å². The SMILES string of the molecule is C[C@@H](C(=O)NCc1ccccc1F)n1cc([N+](=O)[O-])cn1. The van der Waals surface area contributed by atoms with E-state index in [0.29, 0.717) is 5.56 Å². The number of nitrogens with one attached hydrogen (secondary N) is 1. The molecule has 0 saturated carbocycles. The van der Waals surface area contributed by atoms with E-state index < -0.39 is 22.7 Å². The lowest BCUT2D eigenvalue weighted by Crippen LogP contribution is -2.31. The lowest BCUT2D eigenvalue weighted by atomic mass is 10.2. The number of amides is 1. The van der Waals surface area contributed by atoms with E-state index in [9.17, 15) is 19.3 Å². The van der Waals surface area contributed by atoms with Gasteiger partial charge in [-0.15, -0.1) is 0 Å². The molecule has 1 N–H and O–H groups in total. The van der Waals surface area contributed by atoms with Crippen molar-refractivity contribution in [2.45, 2.75) is 19.5 Å². The van der Waals surface area contributed by atoms with Crippen LogP contribution in [0.1, 0.15) is 18.5 Å². The van der Waals surface area contributed by atoms with Crippen LogP contribution in [-0.4, -0.2) is 20.6 Å². The summed E-state index contributed by atoms with van der Waals surface area (Å²) >= 11 is 0. The van der Waals surface area contributed by atoms with Gasteiger partial charge in [-0.2, -0.15) is 5.10 Å². The summed E-state index contributed by atoms with van der Waals surface area (Å²) in [6.07, 6.45) is 2.24. The molecule has 1 aromatic heterocycles. The van der Waals surface area contributed by atoms with E-state index in [4.69, 9.17) is 0 Å². The second-order valence-electron chi connectivity index (χ2n) is 4.42. The summed E-state index contributed by atoms with van der Waals surface area (Å²) in [5.74, 6) is -0.809. The van der Waals surface area contributed by atoms with Crippen LogP contribution in [0.3, 0.4) is 0 Å². The second-order valence-corrected chi connectivity index (χ2v) is 4.42. The summed E-state index contributed by atoms with van der Waals surface area (Å²) in [6.45, 7) is 1.59. The predicted octanol–water partition coefficient (Wildman–Crippen LogP) is 1.81. The highest BCUT2D eigenvalue weighted by Gasteiger charge is 2.19. The lowest BCUT2D eigenvalue weighted by Gasteiger charge is -2.12. The first-order valence-electron chi connectivity index (χ1n) is 6.18. The number of carbonyl (C=O) groups is 1. The molecule has 0 saturated heterocycles. The molecule has 0 aliphatic carbocycles. The van der Waals surface area contributed by atoms with Crippen LogP contribution in [-0.2, 0) is 11.3 Å². The largest absolute Gasteiger partial charge is 0.350 e. The molecule has 0 spiro atoms. The predicted molar refractivity (Wildman–Crippen MR) is 71.8 cm³/mol. The van der Waals surface area contributed by atoms with E-state index >= 15 is 0 Å². The van der Waals surface area contributed by atoms with Crippen LogP contribution in [0.5, 0.6) is 0 Å². The Morgan fingerprint density at radius 2 is 2.24 bits per heavy atom. The third-order valence-corrected chi connectivity index (χ3v) is 2.99. The Bertz CT molecular complexity index is 671. The molecule has 1 aromatic carbocycles. The highest BCUT2D eigenvalue weighted by atomic mass is 19.1. The summed E-state index contributed by atoms with van der Waals surface area (Å²) in [5, 5.41) is 16.9. The van der Waals surface area contributed by atoms with Crippen LogP contribution < -0.4 is 5.32 Å². The van der Waals surface area contributed by atoms with Crippen LogP contribution in [0.25, 0.3) is 0 Å². The zero-order valence-corrected chi connectivity index (χ0v) is 11.2. The maximum Gasteiger partial charge on any atom is 0.307 e. The van der Waals surface area contributed by atoms with Crippen LogP contribution in [0, 0.1) is 15.9 Å². The van der Waals surface area contributed by atoms with Gasteiger partial charge in [-0.1, -0.05) is 18.2 Å². The van der Waals surface area contributed by atoms with Crippen molar-refractivity contribution in [3.8, 4) is 0 Å². The number of carbonyl (C=O) groups excluding carboxylic acids is 1. The van der Waals surface area contributed by atoms with Crippen LogP contribution in [0.15, 0.2) is 36.7 Å². The number of halogens is 1. The average Bonchev–Trinajstić information content (AvgIpc) is 2.95. The fraction of sp³-hybridized carbons (Fsp3) is 0.231. The number of hydrogen-bond acceptors (Lipinski definition) is 4. The fourth-order valence-corrected chi connectivity index (χ4v) is 1.73. The van der Waals surface area contributed by atoms with Gasteiger partial charge in [-0.3, -0.25) is 19.6 Å². The molecule has 0 radical (unpaired) electrons. The standard InChI is InChI=1S/C13H13FN4O3/c1-9(17-8-11(7-16-17)18(20)21)13(19)15-6-10-4-2-3-5-12(10)14/h2-5,7-9H,6H2,1H3,(H,15,19)/t9-/m0/s1. The molecule has 2 rings (SSSR count). The van der Waals surface area contributed by atoms with E-state index in [-0.39, 0.29) is 12.2 Å². The van der Waals surface area contributed by atoms with Gasteiger partial charge in [0.1, 0.15) is 24.3 Å². The fourth-order valence-electron chi connectivity index (χ4n) is 1.73. The molecule has 0 fully saturated rings. The van der Waals surface area contributed by atoms with Crippen molar-refractivity contribution < 1.29 is 14.1 Å². The van der Waals surface area contributed by atoms with Crippen molar-refractivity contribution in [2.75, 3.05) is 0 Å². The van der Waals surface area contributed by atoms with Gasteiger partial charge in [-0.25, -0.2) is 4.39 Å². The van der Waals surface area contributed by atoms with E-state index in [1.807, 2.05) is 0 Å². The first kappa shape index (κ1) is 14.6. The minimum atomic E-state index is -0.731. The van der Waals surface area contributed by atoms with Crippen molar-refractivity contribution in [3.63, 3.8) is 0 Å². The number of rotatable bonds is 5. The second kappa shape index (κ2) is 6.12. The van der Waals surface area contributed by atoms with Crippen molar-refractivity contribution in [2.24, 2.45) is 0 Å². The molecular formula is C13H13FN4O3. The molecule has 0 bridgehead atoms. The van der Waals surface area contributed by atoms with Gasteiger partial charge >= 0.3 is 5.69 Å². The highest BCUT2D eigenvalue weighted by molar-refractivity contribution is 5.79. The molecule has 0 aliphatic heterocycles. The number of nitro groups is 1. The van der Waals surface area contributed by atoms with Crippen molar-refractivity contribution in [1.29, 1.82) is 0 Å². The maximum absolute atomic E-state index is 13.4. The van der Waals surface area contributed by atoms with Crippen LogP contribution in [0.4, 0.5) is 10.1 Å². The van der Waals surface area contributed by atoms with Crippen molar-refractivity contribution in [1.82, 2.24) is 15.1 Å². The monoisotopic (exact) mass is 292 g/mol. The van der Waals surface area contributed by atoms with Gasteiger partial charge in [0.15, 0.2) is 0 Å². The number of hydrogen-bond donors (Lipinski definition) is 1. The smallest absolute Gasteiger partial charge is 0.307 e. The molecule has 2 aromatic rings. The third kappa shape index (κ3) is 3.41. The topological polar surface area (TPSA) is 90.1 Å². The molecule has 1 heterocycles. The molecule has 0 aliphatic rings. The first-order chi connectivity index (χ1) is 9.99. The van der Waals surface area contributed by atoms with Crippen molar-refractivity contribution >= 4 is 11.6 Å². The molecule has 8 heteroatoms. The minimum Gasteiger partial charge on any atom is -0.350 e. The number of nitrogens with zero attached hydrogens (tertiary/aromatic N) is 3. The summed E-state index contributed by atoms with van der Waals surface area (Å²) < 4.78 is 14.6. The Hall–Kier alpha value is -2.77. The van der Waals surface area contributed by atoms with Gasteiger partial charge in [0.05, 0.1) is 4.92 Å². The van der Waals surface area contributed by atoms with Gasteiger partial charge in [0.25, 0.3) is 0 Å². The molecule has 21 heavy (non-hydrogen) atoms. The summed E-state index contributed by atoms with van der Waals surface area (Å²) in [7, 11) is 0. The van der Waals surface area contributed by atoms with Crippen molar-refractivity contribution in [3.05, 3.63) is 58.2 Å². The van der Waals surface area contributed by atoms with Gasteiger partial charge in [-0.05, 0) is 13.0 Å². The molecule has 1 atom stereocenters.